The van der Waals surface area contributed by atoms with E-state index in [-0.39, 0.29) is 29.7 Å². The molecule has 5 rings (SSSR count). The number of amides is 1. The van der Waals surface area contributed by atoms with Crippen LogP contribution in [0.25, 0.3) is 10.8 Å². The van der Waals surface area contributed by atoms with Gasteiger partial charge in [0.15, 0.2) is 0 Å². The van der Waals surface area contributed by atoms with Crippen LogP contribution < -0.4 is 9.47 Å². The molecule has 1 amide bonds. The highest BCUT2D eigenvalue weighted by atomic mass is 19.1. The van der Waals surface area contributed by atoms with Crippen molar-refractivity contribution in [2.24, 2.45) is 5.92 Å². The van der Waals surface area contributed by atoms with Gasteiger partial charge in [0.25, 0.3) is 5.91 Å². The second-order valence-corrected chi connectivity index (χ2v) is 8.23. The Morgan fingerprint density at radius 1 is 1.13 bits per heavy atom. The molecule has 0 spiro atoms. The van der Waals surface area contributed by atoms with Crippen molar-refractivity contribution in [3.8, 4) is 11.6 Å². The van der Waals surface area contributed by atoms with Gasteiger partial charge in [0, 0.05) is 24.1 Å². The smallest absolute Gasteiger partial charge is 0.258 e. The monoisotopic (exact) mass is 420 g/mol. The van der Waals surface area contributed by atoms with E-state index >= 15 is 0 Å². The lowest BCUT2D eigenvalue weighted by atomic mass is 9.90. The summed E-state index contributed by atoms with van der Waals surface area (Å²) < 4.78 is 24.7. The molecule has 0 aliphatic carbocycles. The van der Waals surface area contributed by atoms with Gasteiger partial charge in [-0.15, -0.1) is 0 Å². The number of rotatable bonds is 6. The largest absolute Gasteiger partial charge is 0.493 e. The lowest BCUT2D eigenvalue weighted by Gasteiger charge is -2.26. The van der Waals surface area contributed by atoms with Gasteiger partial charge in [-0.1, -0.05) is 30.3 Å². The summed E-state index contributed by atoms with van der Waals surface area (Å²) in [5.74, 6) is 0.940. The zero-order chi connectivity index (χ0) is 21.4. The van der Waals surface area contributed by atoms with Crippen LogP contribution in [-0.4, -0.2) is 41.1 Å². The summed E-state index contributed by atoms with van der Waals surface area (Å²) in [7, 11) is 0. The van der Waals surface area contributed by atoms with Gasteiger partial charge in [0.05, 0.1) is 25.0 Å². The van der Waals surface area contributed by atoms with Crippen molar-refractivity contribution in [1.82, 2.24) is 9.88 Å². The Kier molecular flexibility index (Phi) is 5.22. The first-order chi connectivity index (χ1) is 15.2. The normalized spacial score (nSPS) is 22.1. The van der Waals surface area contributed by atoms with Gasteiger partial charge in [-0.3, -0.25) is 4.79 Å². The van der Waals surface area contributed by atoms with Crippen LogP contribution in [0.1, 0.15) is 36.5 Å². The molecule has 2 fully saturated rings. The fourth-order valence-electron chi connectivity index (χ4n) is 5.13. The van der Waals surface area contributed by atoms with Crippen molar-refractivity contribution >= 4 is 16.7 Å². The van der Waals surface area contributed by atoms with E-state index in [4.69, 9.17) is 9.47 Å². The summed E-state index contributed by atoms with van der Waals surface area (Å²) in [6, 6.07) is 15.1. The molecule has 2 bridgehead atoms. The minimum absolute atomic E-state index is 0.0372. The number of hydrogen-bond acceptors (Lipinski definition) is 4. The molecule has 3 unspecified atom stereocenters. The third-order valence-corrected chi connectivity index (χ3v) is 6.45. The molecule has 0 N–H and O–H groups in total. The predicted octanol–water partition coefficient (Wildman–Crippen LogP) is 4.84. The SMILES string of the molecule is CCOc1ccc2ccccc2c1C(=O)N1C2CCC1C(COc1ccc(F)cn1)C2. The predicted molar refractivity (Wildman–Crippen MR) is 116 cm³/mol. The van der Waals surface area contributed by atoms with E-state index in [1.165, 1.54) is 12.1 Å². The van der Waals surface area contributed by atoms with Crippen molar-refractivity contribution in [2.45, 2.75) is 38.3 Å². The van der Waals surface area contributed by atoms with E-state index in [9.17, 15) is 9.18 Å². The molecule has 5 nitrogen and oxygen atoms in total. The Morgan fingerprint density at radius 3 is 2.81 bits per heavy atom. The topological polar surface area (TPSA) is 51.7 Å². The number of carbonyl (C=O) groups is 1. The van der Waals surface area contributed by atoms with Crippen LogP contribution in [0.2, 0.25) is 0 Å². The molecule has 2 aliphatic rings. The average Bonchev–Trinajstić information content (AvgIpc) is 3.36. The molecule has 0 radical (unpaired) electrons. The number of halogens is 1. The highest BCUT2D eigenvalue weighted by molar-refractivity contribution is 6.09. The Balaban J connectivity index is 1.40. The number of hydrogen-bond donors (Lipinski definition) is 0. The number of pyridine rings is 1. The van der Waals surface area contributed by atoms with Crippen LogP contribution >= 0.6 is 0 Å². The standard InChI is InChI=1S/C25H25FN2O3/c1-2-30-22-11-7-16-5-3-4-6-20(16)24(22)25(29)28-19-9-10-21(28)17(13-19)15-31-23-12-8-18(26)14-27-23/h3-8,11-12,14,17,19,21H,2,9-10,13,15H2,1H3. The summed E-state index contributed by atoms with van der Waals surface area (Å²) in [6.07, 6.45) is 4.04. The number of carbonyl (C=O) groups excluding carboxylic acids is 1. The van der Waals surface area contributed by atoms with Gasteiger partial charge in [-0.25, -0.2) is 9.37 Å². The van der Waals surface area contributed by atoms with Crippen molar-refractivity contribution in [2.75, 3.05) is 13.2 Å². The lowest BCUT2D eigenvalue weighted by Crippen LogP contribution is -2.37. The Bertz CT molecular complexity index is 1100. The molecule has 3 aromatic rings. The Morgan fingerprint density at radius 2 is 2.00 bits per heavy atom. The van der Waals surface area contributed by atoms with Gasteiger partial charge in [-0.05, 0) is 49.1 Å². The zero-order valence-electron chi connectivity index (χ0n) is 17.5. The molecule has 3 heterocycles. The third kappa shape index (κ3) is 3.60. The highest BCUT2D eigenvalue weighted by Gasteiger charge is 2.49. The first-order valence-electron chi connectivity index (χ1n) is 10.9. The number of aromatic nitrogens is 1. The first kappa shape index (κ1) is 19.8. The van der Waals surface area contributed by atoms with E-state index in [0.717, 1.165) is 36.2 Å². The van der Waals surface area contributed by atoms with Crippen molar-refractivity contribution < 1.29 is 18.7 Å². The minimum atomic E-state index is -0.385. The number of ether oxygens (including phenoxy) is 2. The average molecular weight is 420 g/mol. The summed E-state index contributed by atoms with van der Waals surface area (Å²) in [5.41, 5.74) is 0.651. The van der Waals surface area contributed by atoms with Crippen molar-refractivity contribution in [3.05, 3.63) is 66.1 Å². The van der Waals surface area contributed by atoms with Crippen LogP contribution in [-0.2, 0) is 0 Å². The zero-order valence-corrected chi connectivity index (χ0v) is 17.5. The lowest BCUT2D eigenvalue weighted by molar-refractivity contribution is 0.0708. The van der Waals surface area contributed by atoms with Crippen LogP contribution in [0.4, 0.5) is 4.39 Å². The quantitative estimate of drug-likeness (QED) is 0.572. The molecule has 1 aromatic heterocycles. The van der Waals surface area contributed by atoms with Crippen LogP contribution in [0.5, 0.6) is 11.6 Å². The second-order valence-electron chi connectivity index (χ2n) is 8.23. The fraction of sp³-hybridized carbons (Fsp3) is 0.360. The molecule has 2 saturated heterocycles. The molecular weight excluding hydrogens is 395 g/mol. The molecule has 3 atom stereocenters. The van der Waals surface area contributed by atoms with Gasteiger partial charge < -0.3 is 14.4 Å². The van der Waals surface area contributed by atoms with E-state index in [0.29, 0.717) is 30.4 Å². The van der Waals surface area contributed by atoms with Gasteiger partial charge in [0.1, 0.15) is 11.6 Å². The van der Waals surface area contributed by atoms with E-state index in [1.54, 1.807) is 0 Å². The molecule has 160 valence electrons. The summed E-state index contributed by atoms with van der Waals surface area (Å²) >= 11 is 0. The van der Waals surface area contributed by atoms with Crippen LogP contribution in [0.3, 0.4) is 0 Å². The Hall–Kier alpha value is -3.15. The minimum Gasteiger partial charge on any atom is -0.493 e. The first-order valence-corrected chi connectivity index (χ1v) is 10.9. The van der Waals surface area contributed by atoms with E-state index < -0.39 is 0 Å². The summed E-state index contributed by atoms with van der Waals surface area (Å²) in [5, 5.41) is 1.95. The number of benzene rings is 2. The second kappa shape index (κ2) is 8.17. The molecule has 2 aliphatic heterocycles. The molecule has 31 heavy (non-hydrogen) atoms. The number of fused-ring (bicyclic) bond motifs is 3. The summed E-state index contributed by atoms with van der Waals surface area (Å²) in [6.45, 7) is 2.91. The third-order valence-electron chi connectivity index (χ3n) is 6.45. The molecular formula is C25H25FN2O3. The Labute approximate surface area is 180 Å². The van der Waals surface area contributed by atoms with Crippen molar-refractivity contribution in [1.29, 1.82) is 0 Å². The maximum Gasteiger partial charge on any atom is 0.258 e. The van der Waals surface area contributed by atoms with Gasteiger partial charge in [-0.2, -0.15) is 0 Å². The maximum atomic E-state index is 13.8. The summed E-state index contributed by atoms with van der Waals surface area (Å²) in [4.78, 5) is 19.9. The maximum absolute atomic E-state index is 13.8. The van der Waals surface area contributed by atoms with Crippen LogP contribution in [0.15, 0.2) is 54.7 Å². The molecule has 2 aromatic carbocycles. The van der Waals surface area contributed by atoms with E-state index in [2.05, 4.69) is 9.88 Å². The van der Waals surface area contributed by atoms with Crippen LogP contribution in [0, 0.1) is 11.7 Å². The van der Waals surface area contributed by atoms with Crippen molar-refractivity contribution in [3.63, 3.8) is 0 Å². The fourth-order valence-corrected chi connectivity index (χ4v) is 5.13. The highest BCUT2D eigenvalue weighted by Crippen LogP contribution is 2.44. The molecule has 0 saturated carbocycles. The molecule has 6 heteroatoms. The van der Waals surface area contributed by atoms with Gasteiger partial charge in [0.2, 0.25) is 5.88 Å². The van der Waals surface area contributed by atoms with E-state index in [1.807, 2.05) is 43.3 Å². The van der Waals surface area contributed by atoms with Gasteiger partial charge >= 0.3 is 0 Å². The number of nitrogens with zero attached hydrogens (tertiary/aromatic N) is 2.